The van der Waals surface area contributed by atoms with E-state index < -0.39 is 0 Å². The number of benzene rings is 1. The standard InChI is InChI=1S/C23H35ClO/c1-3-5-7-9-10-19-16-17-21(24)23(19)20-14-12-18(13-15-20)22(25)11-8-6-4-2/h7,9,12-15,19,21-23,25H,3-6,8,10-11,16-17H2,1-2H3/b9-7-/t19-,21-,22?,23-/m0/s1. The van der Waals surface area contributed by atoms with Gasteiger partial charge < -0.3 is 5.11 Å². The zero-order chi connectivity index (χ0) is 18.1. The number of rotatable bonds is 10. The summed E-state index contributed by atoms with van der Waals surface area (Å²) in [4.78, 5) is 0. The largest absolute Gasteiger partial charge is 0.388 e. The maximum absolute atomic E-state index is 10.3. The highest BCUT2D eigenvalue weighted by atomic mass is 35.5. The van der Waals surface area contributed by atoms with Crippen molar-refractivity contribution < 1.29 is 5.11 Å². The van der Waals surface area contributed by atoms with Gasteiger partial charge in [-0.3, -0.25) is 0 Å². The second-order valence-electron chi connectivity index (χ2n) is 7.55. The molecule has 0 aromatic heterocycles. The Bertz CT molecular complexity index is 507. The molecule has 1 unspecified atom stereocenters. The minimum absolute atomic E-state index is 0.241. The van der Waals surface area contributed by atoms with Gasteiger partial charge in [0.05, 0.1) is 6.10 Å². The third-order valence-electron chi connectivity index (χ3n) is 5.56. The lowest BCUT2D eigenvalue weighted by Crippen LogP contribution is -2.13. The molecule has 0 radical (unpaired) electrons. The van der Waals surface area contributed by atoms with E-state index in [0.29, 0.717) is 11.8 Å². The van der Waals surface area contributed by atoms with E-state index in [1.54, 1.807) is 0 Å². The fourth-order valence-corrected chi connectivity index (χ4v) is 4.50. The third-order valence-corrected chi connectivity index (χ3v) is 6.05. The Morgan fingerprint density at radius 2 is 1.84 bits per heavy atom. The topological polar surface area (TPSA) is 20.2 Å². The van der Waals surface area contributed by atoms with Crippen LogP contribution in [0.25, 0.3) is 0 Å². The van der Waals surface area contributed by atoms with Gasteiger partial charge >= 0.3 is 0 Å². The average molecular weight is 363 g/mol. The molecule has 0 bridgehead atoms. The van der Waals surface area contributed by atoms with Crippen LogP contribution in [0.5, 0.6) is 0 Å². The lowest BCUT2D eigenvalue weighted by Gasteiger charge is -2.22. The highest BCUT2D eigenvalue weighted by Gasteiger charge is 2.35. The van der Waals surface area contributed by atoms with Crippen molar-refractivity contribution >= 4 is 11.6 Å². The Morgan fingerprint density at radius 1 is 1.08 bits per heavy atom. The normalized spacial score (nSPS) is 24.9. The van der Waals surface area contributed by atoms with Gasteiger partial charge in [0.25, 0.3) is 0 Å². The zero-order valence-electron chi connectivity index (χ0n) is 16.0. The van der Waals surface area contributed by atoms with Gasteiger partial charge in [-0.05, 0) is 49.1 Å². The molecule has 1 fully saturated rings. The van der Waals surface area contributed by atoms with Crippen molar-refractivity contribution in [3.63, 3.8) is 0 Å². The summed E-state index contributed by atoms with van der Waals surface area (Å²) in [6.45, 7) is 4.41. The fraction of sp³-hybridized carbons (Fsp3) is 0.652. The SMILES string of the molecule is CCC/C=C\C[C@H]1CC[C@H](Cl)[C@@H]1c1ccc(C(O)CCCCC)cc1. The van der Waals surface area contributed by atoms with Crippen LogP contribution in [0.2, 0.25) is 0 Å². The molecule has 1 aliphatic carbocycles. The van der Waals surface area contributed by atoms with Crippen molar-refractivity contribution in [3.05, 3.63) is 47.5 Å². The summed E-state index contributed by atoms with van der Waals surface area (Å²) in [5.74, 6) is 1.09. The number of aliphatic hydroxyl groups is 1. The van der Waals surface area contributed by atoms with Crippen molar-refractivity contribution in [2.45, 2.75) is 89.0 Å². The van der Waals surface area contributed by atoms with Crippen LogP contribution in [-0.2, 0) is 0 Å². The van der Waals surface area contributed by atoms with Crippen LogP contribution >= 0.6 is 11.6 Å². The first kappa shape index (κ1) is 20.5. The third kappa shape index (κ3) is 6.15. The molecule has 1 saturated carbocycles. The number of alkyl halides is 1. The van der Waals surface area contributed by atoms with E-state index in [-0.39, 0.29) is 11.5 Å². The molecule has 0 saturated heterocycles. The number of hydrogen-bond donors (Lipinski definition) is 1. The maximum atomic E-state index is 10.3. The van der Waals surface area contributed by atoms with Crippen LogP contribution in [0.4, 0.5) is 0 Å². The summed E-state index contributed by atoms with van der Waals surface area (Å²) in [6, 6.07) is 8.62. The lowest BCUT2D eigenvalue weighted by atomic mass is 9.85. The molecule has 2 rings (SSSR count). The molecule has 0 heterocycles. The molecule has 1 aliphatic rings. The van der Waals surface area contributed by atoms with E-state index in [2.05, 4.69) is 50.3 Å². The van der Waals surface area contributed by atoms with Crippen LogP contribution in [0.1, 0.15) is 94.8 Å². The molecule has 0 amide bonds. The number of halogens is 1. The number of unbranched alkanes of at least 4 members (excludes halogenated alkanes) is 3. The average Bonchev–Trinajstić information content (AvgIpc) is 2.99. The van der Waals surface area contributed by atoms with Crippen molar-refractivity contribution in [3.8, 4) is 0 Å². The zero-order valence-corrected chi connectivity index (χ0v) is 16.7. The first-order valence-corrected chi connectivity index (χ1v) is 10.7. The molecule has 25 heavy (non-hydrogen) atoms. The minimum Gasteiger partial charge on any atom is -0.388 e. The number of aliphatic hydroxyl groups excluding tert-OH is 1. The molecule has 0 aliphatic heterocycles. The van der Waals surface area contributed by atoms with E-state index in [1.807, 2.05) is 0 Å². The van der Waals surface area contributed by atoms with Crippen molar-refractivity contribution in [2.75, 3.05) is 0 Å². The molecule has 4 atom stereocenters. The van der Waals surface area contributed by atoms with E-state index in [1.165, 1.54) is 37.7 Å². The van der Waals surface area contributed by atoms with Crippen LogP contribution in [0, 0.1) is 5.92 Å². The Kier molecular flexibility index (Phi) is 9.06. The molecule has 0 spiro atoms. The Balaban J connectivity index is 1.98. The van der Waals surface area contributed by atoms with Gasteiger partial charge in [0, 0.05) is 11.3 Å². The van der Waals surface area contributed by atoms with Gasteiger partial charge in [-0.25, -0.2) is 0 Å². The molecule has 2 heteroatoms. The monoisotopic (exact) mass is 362 g/mol. The van der Waals surface area contributed by atoms with Crippen LogP contribution in [-0.4, -0.2) is 10.5 Å². The van der Waals surface area contributed by atoms with Crippen LogP contribution in [0.15, 0.2) is 36.4 Å². The van der Waals surface area contributed by atoms with E-state index in [9.17, 15) is 5.11 Å². The van der Waals surface area contributed by atoms with Crippen molar-refractivity contribution in [2.24, 2.45) is 5.92 Å². The molecule has 1 aromatic rings. The summed E-state index contributed by atoms with van der Waals surface area (Å²) in [7, 11) is 0. The molecular weight excluding hydrogens is 328 g/mol. The van der Waals surface area contributed by atoms with E-state index >= 15 is 0 Å². The second kappa shape index (κ2) is 11.0. The van der Waals surface area contributed by atoms with Gasteiger partial charge in [-0.15, -0.1) is 11.6 Å². The quantitative estimate of drug-likeness (QED) is 0.266. The maximum Gasteiger partial charge on any atom is 0.0790 e. The van der Waals surface area contributed by atoms with Gasteiger partial charge in [0.15, 0.2) is 0 Å². The predicted octanol–water partition coefficient (Wildman–Crippen LogP) is 7.15. The molecule has 140 valence electrons. The predicted molar refractivity (Wildman–Crippen MR) is 109 cm³/mol. The Morgan fingerprint density at radius 3 is 2.52 bits per heavy atom. The summed E-state index contributed by atoms with van der Waals surface area (Å²) in [5.41, 5.74) is 2.39. The summed E-state index contributed by atoms with van der Waals surface area (Å²) >= 11 is 6.66. The number of allylic oxidation sites excluding steroid dienone is 2. The van der Waals surface area contributed by atoms with Gasteiger partial charge in [-0.2, -0.15) is 0 Å². The molecular formula is C23H35ClO. The lowest BCUT2D eigenvalue weighted by molar-refractivity contribution is 0.163. The smallest absolute Gasteiger partial charge is 0.0790 e. The highest BCUT2D eigenvalue weighted by Crippen LogP contribution is 2.45. The first-order valence-electron chi connectivity index (χ1n) is 10.2. The minimum atomic E-state index is -0.330. The molecule has 1 nitrogen and oxygen atoms in total. The van der Waals surface area contributed by atoms with Crippen LogP contribution in [0.3, 0.4) is 0 Å². The first-order chi connectivity index (χ1) is 12.2. The summed E-state index contributed by atoms with van der Waals surface area (Å²) < 4.78 is 0. The molecule has 1 N–H and O–H groups in total. The second-order valence-corrected chi connectivity index (χ2v) is 8.11. The van der Waals surface area contributed by atoms with E-state index in [4.69, 9.17) is 11.6 Å². The van der Waals surface area contributed by atoms with Crippen LogP contribution < -0.4 is 0 Å². The summed E-state index contributed by atoms with van der Waals surface area (Å²) in [6.07, 6.45) is 14.5. The highest BCUT2D eigenvalue weighted by molar-refractivity contribution is 6.21. The molecule has 1 aromatic carbocycles. The van der Waals surface area contributed by atoms with E-state index in [0.717, 1.165) is 31.2 Å². The fourth-order valence-electron chi connectivity index (χ4n) is 4.02. The van der Waals surface area contributed by atoms with Gasteiger partial charge in [0.2, 0.25) is 0 Å². The van der Waals surface area contributed by atoms with Gasteiger partial charge in [-0.1, -0.05) is 75.9 Å². The van der Waals surface area contributed by atoms with Crippen molar-refractivity contribution in [1.82, 2.24) is 0 Å². The summed E-state index contributed by atoms with van der Waals surface area (Å²) in [5, 5.41) is 10.6. The van der Waals surface area contributed by atoms with Gasteiger partial charge in [0.1, 0.15) is 0 Å². The van der Waals surface area contributed by atoms with Crippen molar-refractivity contribution in [1.29, 1.82) is 0 Å². The Labute approximate surface area is 159 Å². The number of hydrogen-bond acceptors (Lipinski definition) is 1. The Hall–Kier alpha value is -0.790.